The predicted molar refractivity (Wildman–Crippen MR) is 90.4 cm³/mol. The minimum Gasteiger partial charge on any atom is -0.506 e. The van der Waals surface area contributed by atoms with E-state index in [4.69, 9.17) is 4.74 Å². The summed E-state index contributed by atoms with van der Waals surface area (Å²) >= 11 is 0. The molecule has 24 heavy (non-hydrogen) atoms. The summed E-state index contributed by atoms with van der Waals surface area (Å²) < 4.78 is 5.18. The van der Waals surface area contributed by atoms with E-state index in [2.05, 4.69) is 5.32 Å². The van der Waals surface area contributed by atoms with Gasteiger partial charge in [-0.25, -0.2) is 4.79 Å². The summed E-state index contributed by atoms with van der Waals surface area (Å²) in [6.07, 6.45) is 3.14. The molecule has 0 radical (unpaired) electrons. The average Bonchev–Trinajstić information content (AvgIpc) is 2.48. The van der Waals surface area contributed by atoms with Crippen molar-refractivity contribution in [2.75, 3.05) is 5.32 Å². The summed E-state index contributed by atoms with van der Waals surface area (Å²) in [5, 5.41) is 22.2. The number of carboxylic acid groups (broad SMARTS) is 1. The maximum atomic E-state index is 11.9. The summed E-state index contributed by atoms with van der Waals surface area (Å²) in [4.78, 5) is 23.8. The first kappa shape index (κ1) is 18.1. The van der Waals surface area contributed by atoms with Gasteiger partial charge in [0.25, 0.3) is 0 Å². The third-order valence-electron chi connectivity index (χ3n) is 4.30. The van der Waals surface area contributed by atoms with Crippen LogP contribution in [0, 0.1) is 0 Å². The molecule has 1 amide bonds. The van der Waals surface area contributed by atoms with Gasteiger partial charge in [-0.15, -0.1) is 0 Å². The third kappa shape index (κ3) is 3.99. The van der Waals surface area contributed by atoms with Gasteiger partial charge in [-0.05, 0) is 51.3 Å². The summed E-state index contributed by atoms with van der Waals surface area (Å²) in [6, 6.07) is 4.58. The van der Waals surface area contributed by atoms with Gasteiger partial charge in [-0.3, -0.25) is 10.1 Å². The number of aromatic hydroxyl groups is 1. The molecule has 0 aliphatic heterocycles. The van der Waals surface area contributed by atoms with Gasteiger partial charge in [-0.1, -0.05) is 25.3 Å². The Hall–Kier alpha value is -2.24. The normalized spacial score (nSPS) is 17.1. The lowest BCUT2D eigenvalue weighted by molar-refractivity contribution is -0.145. The second-order valence-electron chi connectivity index (χ2n) is 7.31. The first-order chi connectivity index (χ1) is 11.1. The molecule has 0 heterocycles. The van der Waals surface area contributed by atoms with Crippen molar-refractivity contribution in [1.29, 1.82) is 0 Å². The molecule has 0 unspecified atom stereocenters. The highest BCUT2D eigenvalue weighted by molar-refractivity contribution is 5.88. The van der Waals surface area contributed by atoms with Crippen molar-refractivity contribution in [3.63, 3.8) is 0 Å². The molecule has 132 valence electrons. The van der Waals surface area contributed by atoms with Gasteiger partial charge < -0.3 is 14.9 Å². The number of carboxylic acids is 1. The molecule has 1 aromatic rings. The van der Waals surface area contributed by atoms with Crippen LogP contribution in [-0.2, 0) is 14.9 Å². The topological polar surface area (TPSA) is 95.9 Å². The number of hydrogen-bond donors (Lipinski definition) is 3. The average molecular weight is 335 g/mol. The van der Waals surface area contributed by atoms with Crippen molar-refractivity contribution >= 4 is 17.7 Å². The summed E-state index contributed by atoms with van der Waals surface area (Å²) in [5.41, 5.74) is -0.870. The SMILES string of the molecule is CC(C)(C)OC(=O)Nc1cc(C2(C(=O)O)CCCCC2)ccc1O. The van der Waals surface area contributed by atoms with Crippen molar-refractivity contribution in [2.45, 2.75) is 63.9 Å². The van der Waals surface area contributed by atoms with E-state index < -0.39 is 23.1 Å². The number of hydrogen-bond acceptors (Lipinski definition) is 4. The van der Waals surface area contributed by atoms with Crippen molar-refractivity contribution in [3.8, 4) is 5.75 Å². The van der Waals surface area contributed by atoms with Gasteiger partial charge in [0, 0.05) is 0 Å². The number of nitrogens with one attached hydrogen (secondary N) is 1. The number of anilines is 1. The Labute approximate surface area is 141 Å². The lowest BCUT2D eigenvalue weighted by atomic mass is 9.69. The van der Waals surface area contributed by atoms with Crippen LogP contribution >= 0.6 is 0 Å². The quantitative estimate of drug-likeness (QED) is 0.725. The van der Waals surface area contributed by atoms with Gasteiger partial charge in [-0.2, -0.15) is 0 Å². The molecule has 0 saturated heterocycles. The van der Waals surface area contributed by atoms with Crippen LogP contribution in [0.3, 0.4) is 0 Å². The Bertz CT molecular complexity index is 627. The zero-order valence-corrected chi connectivity index (χ0v) is 14.4. The molecule has 0 atom stereocenters. The second kappa shape index (κ2) is 6.71. The Kier molecular flexibility index (Phi) is 5.06. The summed E-state index contributed by atoms with van der Waals surface area (Å²) in [6.45, 7) is 5.22. The minimum atomic E-state index is -0.962. The summed E-state index contributed by atoms with van der Waals surface area (Å²) in [5.74, 6) is -0.989. The Morgan fingerprint density at radius 2 is 1.79 bits per heavy atom. The van der Waals surface area contributed by atoms with Crippen LogP contribution in [0.4, 0.5) is 10.5 Å². The van der Waals surface area contributed by atoms with E-state index in [1.165, 1.54) is 6.07 Å². The fourth-order valence-corrected chi connectivity index (χ4v) is 3.13. The smallest absolute Gasteiger partial charge is 0.412 e. The van der Waals surface area contributed by atoms with Gasteiger partial charge in [0.05, 0.1) is 11.1 Å². The molecule has 0 spiro atoms. The van der Waals surface area contributed by atoms with E-state index in [0.717, 1.165) is 19.3 Å². The first-order valence-electron chi connectivity index (χ1n) is 8.21. The summed E-state index contributed by atoms with van der Waals surface area (Å²) in [7, 11) is 0. The van der Waals surface area contributed by atoms with Crippen molar-refractivity contribution in [3.05, 3.63) is 23.8 Å². The molecule has 1 fully saturated rings. The first-order valence-corrected chi connectivity index (χ1v) is 8.21. The monoisotopic (exact) mass is 335 g/mol. The van der Waals surface area contributed by atoms with E-state index in [0.29, 0.717) is 18.4 Å². The van der Waals surface area contributed by atoms with Crippen LogP contribution in [0.25, 0.3) is 0 Å². The molecule has 0 bridgehead atoms. The second-order valence-corrected chi connectivity index (χ2v) is 7.31. The molecular weight excluding hydrogens is 310 g/mol. The van der Waals surface area contributed by atoms with Crippen LogP contribution in [0.15, 0.2) is 18.2 Å². The zero-order valence-electron chi connectivity index (χ0n) is 14.4. The van der Waals surface area contributed by atoms with E-state index in [-0.39, 0.29) is 11.4 Å². The molecule has 1 aromatic carbocycles. The fraction of sp³-hybridized carbons (Fsp3) is 0.556. The number of carbonyl (C=O) groups excluding carboxylic acids is 1. The molecular formula is C18H25NO5. The standard InChI is InChI=1S/C18H25NO5/c1-17(2,3)24-16(23)19-13-11-12(7-8-14(13)20)18(15(21)22)9-5-4-6-10-18/h7-8,11,20H,4-6,9-10H2,1-3H3,(H,19,23)(H,21,22). The van der Waals surface area contributed by atoms with Gasteiger partial charge >= 0.3 is 12.1 Å². The lowest BCUT2D eigenvalue weighted by Crippen LogP contribution is -2.37. The number of rotatable bonds is 3. The van der Waals surface area contributed by atoms with E-state index >= 15 is 0 Å². The molecule has 6 nitrogen and oxygen atoms in total. The molecule has 2 rings (SSSR count). The Morgan fingerprint density at radius 1 is 1.17 bits per heavy atom. The van der Waals surface area contributed by atoms with Crippen molar-refractivity contribution < 1.29 is 24.5 Å². The van der Waals surface area contributed by atoms with Crippen molar-refractivity contribution in [2.24, 2.45) is 0 Å². The molecule has 6 heteroatoms. The third-order valence-corrected chi connectivity index (χ3v) is 4.30. The van der Waals surface area contributed by atoms with E-state index in [9.17, 15) is 19.8 Å². The van der Waals surface area contributed by atoms with Crippen LogP contribution in [0.1, 0.15) is 58.4 Å². The number of carbonyl (C=O) groups is 2. The molecule has 1 aliphatic carbocycles. The highest BCUT2D eigenvalue weighted by atomic mass is 16.6. The van der Waals surface area contributed by atoms with Crippen LogP contribution < -0.4 is 5.32 Å². The van der Waals surface area contributed by atoms with Gasteiger partial charge in [0.15, 0.2) is 0 Å². The van der Waals surface area contributed by atoms with Crippen LogP contribution in [0.2, 0.25) is 0 Å². The molecule has 3 N–H and O–H groups in total. The number of phenolic OH excluding ortho intramolecular Hbond substituents is 1. The maximum Gasteiger partial charge on any atom is 0.412 e. The minimum absolute atomic E-state index is 0.124. The fourth-order valence-electron chi connectivity index (χ4n) is 3.13. The zero-order chi connectivity index (χ0) is 18.0. The van der Waals surface area contributed by atoms with E-state index in [1.807, 2.05) is 0 Å². The number of amides is 1. The van der Waals surface area contributed by atoms with Crippen LogP contribution in [0.5, 0.6) is 5.75 Å². The largest absolute Gasteiger partial charge is 0.506 e. The van der Waals surface area contributed by atoms with Gasteiger partial charge in [0.2, 0.25) is 0 Å². The highest BCUT2D eigenvalue weighted by Crippen LogP contribution is 2.42. The maximum absolute atomic E-state index is 11.9. The highest BCUT2D eigenvalue weighted by Gasteiger charge is 2.41. The van der Waals surface area contributed by atoms with E-state index in [1.54, 1.807) is 32.9 Å². The Morgan fingerprint density at radius 3 is 2.33 bits per heavy atom. The van der Waals surface area contributed by atoms with Gasteiger partial charge in [0.1, 0.15) is 11.4 Å². The predicted octanol–water partition coefficient (Wildman–Crippen LogP) is 4.03. The Balaban J connectivity index is 2.30. The molecule has 1 aliphatic rings. The van der Waals surface area contributed by atoms with Crippen molar-refractivity contribution in [1.82, 2.24) is 0 Å². The number of aliphatic carboxylic acids is 1. The molecule has 0 aromatic heterocycles. The molecule has 1 saturated carbocycles. The number of benzene rings is 1. The number of phenols is 1. The number of ether oxygens (including phenoxy) is 1. The lowest BCUT2D eigenvalue weighted by Gasteiger charge is -2.34. The van der Waals surface area contributed by atoms with Crippen LogP contribution in [-0.4, -0.2) is 27.9 Å².